The van der Waals surface area contributed by atoms with Gasteiger partial charge in [0.05, 0.1) is 13.2 Å². The highest BCUT2D eigenvalue weighted by molar-refractivity contribution is 5.91. The Kier molecular flexibility index (Phi) is 7.09. The molecule has 1 aliphatic heterocycles. The van der Waals surface area contributed by atoms with E-state index in [9.17, 15) is 35.5 Å². The van der Waals surface area contributed by atoms with Gasteiger partial charge in [-0.15, -0.1) is 0 Å². The summed E-state index contributed by atoms with van der Waals surface area (Å²) in [5.41, 5.74) is -3.43. The largest absolute Gasteiger partial charge is 0.423 e. The van der Waals surface area contributed by atoms with E-state index in [-0.39, 0.29) is 23.6 Å². The lowest BCUT2D eigenvalue weighted by Gasteiger charge is -2.29. The Balaban J connectivity index is 1.78. The van der Waals surface area contributed by atoms with Gasteiger partial charge >= 0.3 is 12.1 Å². The van der Waals surface area contributed by atoms with Crippen LogP contribution in [-0.4, -0.2) is 19.2 Å². The van der Waals surface area contributed by atoms with Gasteiger partial charge in [-0.1, -0.05) is 13.3 Å². The average Bonchev–Trinajstić information content (AvgIpc) is 2.66. The zero-order valence-corrected chi connectivity index (χ0v) is 16.6. The van der Waals surface area contributed by atoms with Crippen LogP contribution in [-0.2, 0) is 15.7 Å². The van der Waals surface area contributed by atoms with E-state index < -0.39 is 58.6 Å². The Labute approximate surface area is 177 Å². The summed E-state index contributed by atoms with van der Waals surface area (Å²) in [4.78, 5) is 12.1. The maximum Gasteiger partial charge on any atom is 0.422 e. The van der Waals surface area contributed by atoms with Crippen molar-refractivity contribution in [3.8, 4) is 5.75 Å². The van der Waals surface area contributed by atoms with Crippen molar-refractivity contribution in [1.29, 1.82) is 0 Å². The molecule has 0 N–H and O–H groups in total. The van der Waals surface area contributed by atoms with E-state index in [1.165, 1.54) is 0 Å². The smallest absolute Gasteiger partial charge is 0.422 e. The first-order valence-corrected chi connectivity index (χ1v) is 9.51. The van der Waals surface area contributed by atoms with Gasteiger partial charge in [0.1, 0.15) is 40.1 Å². The number of ether oxygens (including phenoxy) is 3. The van der Waals surface area contributed by atoms with E-state index in [2.05, 4.69) is 4.74 Å². The lowest BCUT2D eigenvalue weighted by atomic mass is 10.0. The van der Waals surface area contributed by atoms with Crippen molar-refractivity contribution in [2.45, 2.75) is 32.2 Å². The number of rotatable bonds is 5. The van der Waals surface area contributed by atoms with Crippen LogP contribution in [0.15, 0.2) is 24.3 Å². The first-order valence-electron chi connectivity index (χ1n) is 9.51. The molecule has 1 heterocycles. The molecule has 0 radical (unpaired) electrons. The van der Waals surface area contributed by atoms with Gasteiger partial charge in [0.15, 0.2) is 6.29 Å². The third-order valence-corrected chi connectivity index (χ3v) is 4.71. The van der Waals surface area contributed by atoms with E-state index in [1.807, 2.05) is 6.92 Å². The van der Waals surface area contributed by atoms with E-state index >= 15 is 0 Å². The first-order chi connectivity index (χ1) is 15.0. The molecule has 0 unspecified atom stereocenters. The van der Waals surface area contributed by atoms with Crippen LogP contribution in [0.25, 0.3) is 0 Å². The quantitative estimate of drug-likeness (QED) is 0.311. The molecule has 32 heavy (non-hydrogen) atoms. The lowest BCUT2D eigenvalue weighted by Crippen LogP contribution is -2.27. The SMILES string of the molecule is CCCC1COC(c2cc(F)c(C(=O)Oc3cc(F)c(C(F)(F)F)c(F)c3)c(F)c2)OC1. The maximum atomic E-state index is 14.4. The van der Waals surface area contributed by atoms with E-state index in [0.29, 0.717) is 13.2 Å². The maximum absolute atomic E-state index is 14.4. The highest BCUT2D eigenvalue weighted by Crippen LogP contribution is 2.36. The van der Waals surface area contributed by atoms with Crippen LogP contribution in [0.3, 0.4) is 0 Å². The Morgan fingerprint density at radius 3 is 1.97 bits per heavy atom. The molecule has 0 aliphatic carbocycles. The van der Waals surface area contributed by atoms with E-state index in [1.54, 1.807) is 0 Å². The monoisotopic (exact) mass is 466 g/mol. The zero-order valence-electron chi connectivity index (χ0n) is 16.6. The van der Waals surface area contributed by atoms with Crippen molar-refractivity contribution in [1.82, 2.24) is 0 Å². The van der Waals surface area contributed by atoms with Crippen molar-refractivity contribution < 1.29 is 49.7 Å². The summed E-state index contributed by atoms with van der Waals surface area (Å²) in [7, 11) is 0. The third kappa shape index (κ3) is 5.21. The molecule has 4 nitrogen and oxygen atoms in total. The standard InChI is InChI=1S/C21H17F7O4/c1-2-3-10-8-30-20(31-9-10)11-4-13(22)17(14(23)5-11)19(29)32-12-6-15(24)18(16(25)7-12)21(26,27)28/h4-7,10,20H,2-3,8-9H2,1H3. The summed E-state index contributed by atoms with van der Waals surface area (Å²) in [5, 5.41) is 0. The predicted octanol–water partition coefficient (Wildman–Crippen LogP) is 5.94. The Morgan fingerprint density at radius 1 is 0.969 bits per heavy atom. The molecule has 0 bridgehead atoms. The molecular weight excluding hydrogens is 449 g/mol. The van der Waals surface area contributed by atoms with Gasteiger partial charge in [-0.05, 0) is 18.6 Å². The minimum atomic E-state index is -5.33. The molecule has 11 heteroatoms. The molecule has 174 valence electrons. The molecule has 1 aliphatic rings. The highest BCUT2D eigenvalue weighted by atomic mass is 19.4. The molecule has 0 saturated carbocycles. The molecular formula is C21H17F7O4. The van der Waals surface area contributed by atoms with Gasteiger partial charge in [0, 0.05) is 23.6 Å². The summed E-state index contributed by atoms with van der Waals surface area (Å²) in [6.07, 6.45) is -4.62. The van der Waals surface area contributed by atoms with Crippen LogP contribution in [0.1, 0.15) is 47.5 Å². The second-order valence-corrected chi connectivity index (χ2v) is 7.16. The fourth-order valence-corrected chi connectivity index (χ4v) is 3.27. The minimum Gasteiger partial charge on any atom is -0.423 e. The topological polar surface area (TPSA) is 44.8 Å². The van der Waals surface area contributed by atoms with E-state index in [0.717, 1.165) is 25.0 Å². The predicted molar refractivity (Wildman–Crippen MR) is 95.7 cm³/mol. The number of hydrogen-bond donors (Lipinski definition) is 0. The van der Waals surface area contributed by atoms with Gasteiger partial charge < -0.3 is 14.2 Å². The normalized spacial score (nSPS) is 19.1. The van der Waals surface area contributed by atoms with Gasteiger partial charge in [-0.2, -0.15) is 13.2 Å². The minimum absolute atomic E-state index is 0.0434. The van der Waals surface area contributed by atoms with Crippen molar-refractivity contribution >= 4 is 5.97 Å². The summed E-state index contributed by atoms with van der Waals surface area (Å²) in [5.74, 6) is -9.40. The number of carbonyl (C=O) groups is 1. The summed E-state index contributed by atoms with van der Waals surface area (Å²) in [6, 6.07) is 1.73. The number of carbonyl (C=O) groups excluding carboxylic acids is 1. The lowest BCUT2D eigenvalue weighted by molar-refractivity contribution is -0.206. The molecule has 1 fully saturated rings. The van der Waals surface area contributed by atoms with Crippen molar-refractivity contribution in [3.63, 3.8) is 0 Å². The van der Waals surface area contributed by atoms with Gasteiger partial charge in [-0.3, -0.25) is 0 Å². The molecule has 0 aromatic heterocycles. The summed E-state index contributed by atoms with van der Waals surface area (Å²) >= 11 is 0. The fourth-order valence-electron chi connectivity index (χ4n) is 3.27. The van der Waals surface area contributed by atoms with Gasteiger partial charge in [0.2, 0.25) is 0 Å². The van der Waals surface area contributed by atoms with Crippen LogP contribution in [0.5, 0.6) is 5.75 Å². The van der Waals surface area contributed by atoms with E-state index in [4.69, 9.17) is 9.47 Å². The number of esters is 1. The van der Waals surface area contributed by atoms with Crippen molar-refractivity contribution in [3.05, 3.63) is 64.2 Å². The van der Waals surface area contributed by atoms with Crippen LogP contribution < -0.4 is 4.74 Å². The number of hydrogen-bond acceptors (Lipinski definition) is 4. The Hall–Kier alpha value is -2.66. The Bertz CT molecular complexity index is 952. The van der Waals surface area contributed by atoms with Gasteiger partial charge in [0.25, 0.3) is 0 Å². The molecule has 0 amide bonds. The molecule has 0 atom stereocenters. The molecule has 0 spiro atoms. The molecule has 3 rings (SSSR count). The molecule has 2 aromatic carbocycles. The fraction of sp³-hybridized carbons (Fsp3) is 0.381. The second-order valence-electron chi connectivity index (χ2n) is 7.16. The second kappa shape index (κ2) is 9.45. The van der Waals surface area contributed by atoms with Crippen molar-refractivity contribution in [2.24, 2.45) is 5.92 Å². The molecule has 2 aromatic rings. The van der Waals surface area contributed by atoms with Crippen LogP contribution in [0.2, 0.25) is 0 Å². The Morgan fingerprint density at radius 2 is 1.50 bits per heavy atom. The summed E-state index contributed by atoms with van der Waals surface area (Å²) < 4.78 is 109. The van der Waals surface area contributed by atoms with Crippen LogP contribution >= 0.6 is 0 Å². The third-order valence-electron chi connectivity index (χ3n) is 4.71. The van der Waals surface area contributed by atoms with Crippen molar-refractivity contribution in [2.75, 3.05) is 13.2 Å². The number of halogens is 7. The highest BCUT2D eigenvalue weighted by Gasteiger charge is 2.38. The van der Waals surface area contributed by atoms with Crippen LogP contribution in [0.4, 0.5) is 30.7 Å². The molecule has 1 saturated heterocycles. The zero-order chi connectivity index (χ0) is 23.6. The average molecular weight is 466 g/mol. The number of benzene rings is 2. The van der Waals surface area contributed by atoms with Crippen LogP contribution in [0, 0.1) is 29.2 Å². The number of alkyl halides is 3. The first kappa shape index (κ1) is 24.0. The summed E-state index contributed by atoms with van der Waals surface area (Å²) in [6.45, 7) is 2.62. The van der Waals surface area contributed by atoms with Gasteiger partial charge in [-0.25, -0.2) is 22.4 Å².